The lowest BCUT2D eigenvalue weighted by Crippen LogP contribution is -2.46. The Balaban J connectivity index is 3.11. The molecule has 22 heavy (non-hydrogen) atoms. The summed E-state index contributed by atoms with van der Waals surface area (Å²) in [6.45, 7) is 16.0. The predicted molar refractivity (Wildman–Crippen MR) is 108 cm³/mol. The predicted octanol–water partition coefficient (Wildman–Crippen LogP) is 6.21. The molecule has 0 aliphatic carbocycles. The second kappa shape index (κ2) is 7.99. The van der Waals surface area contributed by atoms with Crippen LogP contribution in [0.5, 0.6) is 0 Å². The third-order valence-corrected chi connectivity index (χ3v) is 9.62. The van der Waals surface area contributed by atoms with E-state index < -0.39 is 8.32 Å². The molecule has 122 valence electrons. The largest absolute Gasteiger partial charge is 0.412 e. The molecule has 1 rings (SSSR count). The summed E-state index contributed by atoms with van der Waals surface area (Å²) >= 11 is 2.12. The molecule has 0 saturated heterocycles. The van der Waals surface area contributed by atoms with Crippen molar-refractivity contribution in [2.45, 2.75) is 64.8 Å². The van der Waals surface area contributed by atoms with Gasteiger partial charge >= 0.3 is 0 Å². The van der Waals surface area contributed by atoms with Crippen LogP contribution < -0.4 is 0 Å². The molecule has 0 unspecified atom stereocenters. The number of hydrogen-bond donors (Lipinski definition) is 0. The first-order chi connectivity index (χ1) is 10.1. The highest BCUT2D eigenvalue weighted by Gasteiger charge is 2.41. The van der Waals surface area contributed by atoms with Gasteiger partial charge in [0, 0.05) is 34.4 Å². The van der Waals surface area contributed by atoms with Crippen LogP contribution in [0.15, 0.2) is 30.3 Å². The van der Waals surface area contributed by atoms with Crippen LogP contribution >= 0.6 is 22.6 Å². The molecule has 0 fully saturated rings. The van der Waals surface area contributed by atoms with Gasteiger partial charge in [-0.15, -0.1) is 0 Å². The van der Waals surface area contributed by atoms with Crippen LogP contribution in [0.1, 0.15) is 46.1 Å². The first-order valence-corrected chi connectivity index (χ1v) is 11.9. The summed E-state index contributed by atoms with van der Waals surface area (Å²) in [6, 6.07) is 10.6. The van der Waals surface area contributed by atoms with E-state index in [1.165, 1.54) is 5.56 Å². The quantitative estimate of drug-likeness (QED) is 0.308. The van der Waals surface area contributed by atoms with Gasteiger partial charge in [-0.3, -0.25) is 0 Å². The minimum absolute atomic E-state index is 0.130. The van der Waals surface area contributed by atoms with E-state index in [1.54, 1.807) is 0 Å². The van der Waals surface area contributed by atoms with Gasteiger partial charge in [0.25, 0.3) is 0 Å². The minimum Gasteiger partial charge on any atom is -0.412 e. The summed E-state index contributed by atoms with van der Waals surface area (Å²) in [6.07, 6.45) is 0.130. The third-order valence-electron chi connectivity index (χ3n) is 4.83. The van der Waals surface area contributed by atoms with E-state index in [0.29, 0.717) is 5.92 Å². The van der Waals surface area contributed by atoms with Crippen molar-refractivity contribution in [2.24, 2.45) is 5.92 Å². The van der Waals surface area contributed by atoms with E-state index >= 15 is 0 Å². The highest BCUT2D eigenvalue weighted by atomic mass is 127. The van der Waals surface area contributed by atoms with Crippen molar-refractivity contribution in [1.29, 1.82) is 0 Å². The smallest absolute Gasteiger partial charge is 0.192 e. The zero-order chi connectivity index (χ0) is 17.0. The topological polar surface area (TPSA) is 9.23 Å². The van der Waals surface area contributed by atoms with Crippen molar-refractivity contribution in [1.82, 2.24) is 0 Å². The molecule has 0 N–H and O–H groups in total. The van der Waals surface area contributed by atoms with Crippen molar-refractivity contribution in [3.63, 3.8) is 0 Å². The van der Waals surface area contributed by atoms with Crippen LogP contribution in [-0.4, -0.2) is 14.4 Å². The van der Waals surface area contributed by atoms with Gasteiger partial charge in [0.1, 0.15) is 0 Å². The number of halogens is 1. The van der Waals surface area contributed by atoms with Gasteiger partial charge in [-0.1, -0.05) is 63.9 Å². The molecule has 1 nitrogen and oxygen atoms in total. The van der Waals surface area contributed by atoms with Gasteiger partial charge in [0.2, 0.25) is 0 Å². The summed E-state index contributed by atoms with van der Waals surface area (Å²) in [5, 5.41) is 0.207. The normalized spacial score (nSPS) is 16.4. The minimum atomic E-state index is -1.83. The number of rotatable bonds is 5. The van der Waals surface area contributed by atoms with Gasteiger partial charge in [-0.25, -0.2) is 0 Å². The molecule has 3 atom stereocenters. The molecular formula is C19H29IOSi. The highest BCUT2D eigenvalue weighted by Crippen LogP contribution is 2.40. The molecule has 0 aliphatic rings. The first-order valence-electron chi connectivity index (χ1n) is 7.94. The van der Waals surface area contributed by atoms with Crippen molar-refractivity contribution in [3.05, 3.63) is 35.9 Å². The Morgan fingerprint density at radius 2 is 1.64 bits per heavy atom. The molecule has 0 aliphatic heterocycles. The second-order valence-electron chi connectivity index (χ2n) is 7.57. The van der Waals surface area contributed by atoms with E-state index in [2.05, 4.69) is 110 Å². The van der Waals surface area contributed by atoms with E-state index in [-0.39, 0.29) is 17.1 Å². The SMILES string of the molecule is C[C@@H](C#CI)[C@H](O[Si](C)(C)C(C)(C)C)[C@@H](C)c1ccccc1. The lowest BCUT2D eigenvalue weighted by molar-refractivity contribution is 0.126. The Morgan fingerprint density at radius 3 is 2.09 bits per heavy atom. The maximum atomic E-state index is 6.77. The molecule has 0 saturated carbocycles. The third kappa shape index (κ3) is 5.11. The zero-order valence-electron chi connectivity index (χ0n) is 14.9. The van der Waals surface area contributed by atoms with Gasteiger partial charge in [-0.05, 0) is 34.5 Å². The lowest BCUT2D eigenvalue weighted by Gasteiger charge is -2.42. The summed E-state index contributed by atoms with van der Waals surface area (Å²) in [4.78, 5) is 0. The summed E-state index contributed by atoms with van der Waals surface area (Å²) < 4.78 is 9.80. The van der Waals surface area contributed by atoms with Gasteiger partial charge < -0.3 is 4.43 Å². The maximum absolute atomic E-state index is 6.77. The van der Waals surface area contributed by atoms with Crippen molar-refractivity contribution in [2.75, 3.05) is 0 Å². The van der Waals surface area contributed by atoms with E-state index in [4.69, 9.17) is 4.43 Å². The Bertz CT molecular complexity index is 522. The van der Waals surface area contributed by atoms with Crippen molar-refractivity contribution in [3.8, 4) is 9.85 Å². The number of benzene rings is 1. The fourth-order valence-corrected chi connectivity index (χ4v) is 4.20. The van der Waals surface area contributed by atoms with Gasteiger partial charge in [0.05, 0.1) is 6.10 Å². The van der Waals surface area contributed by atoms with Gasteiger partial charge in [-0.2, -0.15) is 0 Å². The Kier molecular flexibility index (Phi) is 7.16. The molecule has 1 aromatic carbocycles. The summed E-state index contributed by atoms with van der Waals surface area (Å²) in [5.41, 5.74) is 1.33. The molecule has 3 heteroatoms. The molecule has 0 heterocycles. The van der Waals surface area contributed by atoms with Crippen LogP contribution in [0, 0.1) is 15.8 Å². The number of hydrogen-bond acceptors (Lipinski definition) is 1. The lowest BCUT2D eigenvalue weighted by atomic mass is 9.88. The molecule has 0 aromatic heterocycles. The second-order valence-corrected chi connectivity index (χ2v) is 12.9. The molecule has 0 bridgehead atoms. The van der Waals surface area contributed by atoms with Crippen LogP contribution in [0.4, 0.5) is 0 Å². The monoisotopic (exact) mass is 428 g/mol. The van der Waals surface area contributed by atoms with Gasteiger partial charge in [0.15, 0.2) is 8.32 Å². The standard InChI is InChI=1S/C19H29IOSi/c1-15(13-14-20)18(21-22(6,7)19(3,4)5)16(2)17-11-9-8-10-12-17/h8-12,15-16,18H,1-7H3/t15-,16-,18-/m0/s1. The van der Waals surface area contributed by atoms with Crippen molar-refractivity contribution < 1.29 is 4.43 Å². The first kappa shape index (κ1) is 19.7. The molecular weight excluding hydrogens is 399 g/mol. The fourth-order valence-electron chi connectivity index (χ4n) is 2.27. The maximum Gasteiger partial charge on any atom is 0.192 e. The molecule has 0 radical (unpaired) electrons. The zero-order valence-corrected chi connectivity index (χ0v) is 18.1. The van der Waals surface area contributed by atoms with Crippen molar-refractivity contribution >= 4 is 30.9 Å². The van der Waals surface area contributed by atoms with Crippen LogP contribution in [-0.2, 0) is 4.43 Å². The molecule has 0 spiro atoms. The average molecular weight is 428 g/mol. The Hall–Kier alpha value is -0.313. The molecule has 0 amide bonds. The summed E-state index contributed by atoms with van der Waals surface area (Å²) in [5.74, 6) is 3.86. The Labute approximate surface area is 151 Å². The average Bonchev–Trinajstić information content (AvgIpc) is 2.44. The highest BCUT2D eigenvalue weighted by molar-refractivity contribution is 14.1. The summed E-state index contributed by atoms with van der Waals surface area (Å²) in [7, 11) is -1.83. The van der Waals surface area contributed by atoms with Crippen LogP contribution in [0.2, 0.25) is 18.1 Å². The molecule has 1 aromatic rings. The Morgan fingerprint density at radius 1 is 1.09 bits per heavy atom. The van der Waals surface area contributed by atoms with Crippen LogP contribution in [0.3, 0.4) is 0 Å². The van der Waals surface area contributed by atoms with Crippen LogP contribution in [0.25, 0.3) is 0 Å². The van der Waals surface area contributed by atoms with E-state index in [1.807, 2.05) is 0 Å². The van der Waals surface area contributed by atoms with E-state index in [0.717, 1.165) is 0 Å². The van der Waals surface area contributed by atoms with E-state index in [9.17, 15) is 0 Å². The fraction of sp³-hybridized carbons (Fsp3) is 0.579.